The van der Waals surface area contributed by atoms with Crippen LogP contribution < -0.4 is 4.90 Å². The zero-order valence-corrected chi connectivity index (χ0v) is 14.6. The molecular weight excluding hydrogens is 345 g/mol. The number of anilines is 1. The van der Waals surface area contributed by atoms with Crippen molar-refractivity contribution in [2.24, 2.45) is 0 Å². The number of benzene rings is 1. The third-order valence-corrected chi connectivity index (χ3v) is 4.36. The van der Waals surface area contributed by atoms with Gasteiger partial charge in [-0.3, -0.25) is 4.79 Å². The van der Waals surface area contributed by atoms with E-state index in [0.717, 1.165) is 5.01 Å². The number of carbonyl (C=O) groups is 2. The number of rotatable bonds is 6. The van der Waals surface area contributed by atoms with Crippen molar-refractivity contribution in [3.63, 3.8) is 0 Å². The van der Waals surface area contributed by atoms with E-state index in [-0.39, 0.29) is 13.0 Å². The second-order valence-electron chi connectivity index (χ2n) is 5.15. The highest BCUT2D eigenvalue weighted by Crippen LogP contribution is 2.19. The number of thiazole rings is 1. The molecule has 25 heavy (non-hydrogen) atoms. The summed E-state index contributed by atoms with van der Waals surface area (Å²) in [5, 5.41) is 9.48. The summed E-state index contributed by atoms with van der Waals surface area (Å²) in [7, 11) is 0. The number of nitriles is 1. The molecule has 130 valence electrons. The Labute approximate surface area is 148 Å². The maximum Gasteiger partial charge on any atom is 0.350 e. The summed E-state index contributed by atoms with van der Waals surface area (Å²) in [6.45, 7) is 3.12. The Hall–Kier alpha value is -2.79. The molecule has 0 unspecified atom stereocenters. The molecule has 1 aromatic heterocycles. The Morgan fingerprint density at radius 1 is 1.32 bits per heavy atom. The van der Waals surface area contributed by atoms with Crippen LogP contribution in [0.1, 0.15) is 26.8 Å². The molecule has 2 aromatic rings. The lowest BCUT2D eigenvalue weighted by Gasteiger charge is -2.21. The maximum absolute atomic E-state index is 13.1. The second kappa shape index (κ2) is 8.35. The van der Waals surface area contributed by atoms with Crippen molar-refractivity contribution >= 4 is 28.9 Å². The van der Waals surface area contributed by atoms with Crippen molar-refractivity contribution in [3.05, 3.63) is 45.7 Å². The first-order chi connectivity index (χ1) is 11.9. The van der Waals surface area contributed by atoms with E-state index < -0.39 is 24.3 Å². The number of nitrogens with zero attached hydrogens (tertiary/aromatic N) is 3. The Kier molecular flexibility index (Phi) is 6.19. The number of esters is 1. The van der Waals surface area contributed by atoms with E-state index in [2.05, 4.69) is 4.98 Å². The van der Waals surface area contributed by atoms with Gasteiger partial charge < -0.3 is 9.64 Å². The summed E-state index contributed by atoms with van der Waals surface area (Å²) < 4.78 is 18.1. The highest BCUT2D eigenvalue weighted by Gasteiger charge is 2.20. The van der Waals surface area contributed by atoms with Crippen LogP contribution in [0.3, 0.4) is 0 Å². The molecule has 0 aliphatic rings. The highest BCUT2D eigenvalue weighted by atomic mass is 32.1. The summed E-state index contributed by atoms with van der Waals surface area (Å²) in [5.74, 6) is -1.54. The fourth-order valence-corrected chi connectivity index (χ4v) is 2.99. The fourth-order valence-electron chi connectivity index (χ4n) is 2.17. The van der Waals surface area contributed by atoms with Gasteiger partial charge in [-0.2, -0.15) is 5.26 Å². The molecule has 6 nitrogen and oxygen atoms in total. The molecule has 0 aliphatic heterocycles. The molecule has 0 atom stereocenters. The molecule has 0 saturated heterocycles. The molecule has 0 bridgehead atoms. The number of aromatic nitrogens is 1. The first-order valence-corrected chi connectivity index (χ1v) is 8.28. The molecule has 2 rings (SSSR count). The Morgan fingerprint density at radius 2 is 2.00 bits per heavy atom. The predicted molar refractivity (Wildman–Crippen MR) is 90.9 cm³/mol. The van der Waals surface area contributed by atoms with Crippen LogP contribution in [0.15, 0.2) is 24.3 Å². The van der Waals surface area contributed by atoms with E-state index in [1.807, 2.05) is 6.07 Å². The summed E-state index contributed by atoms with van der Waals surface area (Å²) in [6.07, 6.45) is 0.101. The van der Waals surface area contributed by atoms with E-state index >= 15 is 0 Å². The van der Waals surface area contributed by atoms with Gasteiger partial charge in [-0.1, -0.05) is 0 Å². The van der Waals surface area contributed by atoms with E-state index in [1.165, 1.54) is 40.5 Å². The molecule has 0 saturated carbocycles. The number of ether oxygens (including phenoxy) is 1. The molecule has 0 N–H and O–H groups in total. The van der Waals surface area contributed by atoms with Crippen LogP contribution in [-0.2, 0) is 9.53 Å². The minimum Gasteiger partial charge on any atom is -0.451 e. The monoisotopic (exact) mass is 361 g/mol. The molecule has 0 radical (unpaired) electrons. The Bertz CT molecular complexity index is 812. The average Bonchev–Trinajstić information content (AvgIpc) is 2.93. The number of hydrogen-bond donors (Lipinski definition) is 0. The highest BCUT2D eigenvalue weighted by molar-refractivity contribution is 7.13. The first kappa shape index (κ1) is 18.5. The van der Waals surface area contributed by atoms with Crippen molar-refractivity contribution < 1.29 is 18.7 Å². The predicted octanol–water partition coefficient (Wildman–Crippen LogP) is 3.00. The van der Waals surface area contributed by atoms with Crippen LogP contribution in [0.2, 0.25) is 0 Å². The number of aryl methyl sites for hydroxylation is 2. The van der Waals surface area contributed by atoms with E-state index in [4.69, 9.17) is 10.00 Å². The van der Waals surface area contributed by atoms with Gasteiger partial charge in [0.05, 0.1) is 23.2 Å². The van der Waals surface area contributed by atoms with E-state index in [0.29, 0.717) is 16.3 Å². The molecule has 0 spiro atoms. The summed E-state index contributed by atoms with van der Waals surface area (Å²) in [4.78, 5) is 30.3. The zero-order chi connectivity index (χ0) is 18.4. The molecule has 0 fully saturated rings. The minimum atomic E-state index is -0.615. The molecule has 8 heteroatoms. The van der Waals surface area contributed by atoms with Gasteiger partial charge in [0.15, 0.2) is 6.61 Å². The largest absolute Gasteiger partial charge is 0.451 e. The SMILES string of the molecule is Cc1nc(C)c(C(=O)OCC(=O)N(CCC#N)c2ccc(F)cc2)s1. The fraction of sp³-hybridized carbons (Fsp3) is 0.294. The minimum absolute atomic E-state index is 0.101. The Balaban J connectivity index is 2.06. The molecule has 1 amide bonds. The molecular formula is C17H16FN3O3S. The van der Waals surface area contributed by atoms with Crippen molar-refractivity contribution in [2.45, 2.75) is 20.3 Å². The smallest absolute Gasteiger partial charge is 0.350 e. The van der Waals surface area contributed by atoms with Crippen molar-refractivity contribution in [3.8, 4) is 6.07 Å². The van der Waals surface area contributed by atoms with Crippen LogP contribution in [0.25, 0.3) is 0 Å². The quantitative estimate of drug-likeness (QED) is 0.739. The van der Waals surface area contributed by atoms with Crippen LogP contribution in [0.4, 0.5) is 10.1 Å². The van der Waals surface area contributed by atoms with Gasteiger partial charge in [0, 0.05) is 12.2 Å². The van der Waals surface area contributed by atoms with Crippen LogP contribution >= 0.6 is 11.3 Å². The molecule has 1 aromatic carbocycles. The van der Waals surface area contributed by atoms with Gasteiger partial charge in [0.2, 0.25) is 0 Å². The van der Waals surface area contributed by atoms with E-state index in [1.54, 1.807) is 13.8 Å². The standard InChI is InChI=1S/C17H16FN3O3S/c1-11-16(25-12(2)20-11)17(23)24-10-15(22)21(9-3-8-19)14-6-4-13(18)5-7-14/h4-7H,3,9-10H2,1-2H3. The normalized spacial score (nSPS) is 10.2. The number of hydrogen-bond acceptors (Lipinski definition) is 6. The van der Waals surface area contributed by atoms with Crippen molar-refractivity contribution in [1.82, 2.24) is 4.98 Å². The van der Waals surface area contributed by atoms with Crippen molar-refractivity contribution in [2.75, 3.05) is 18.1 Å². The second-order valence-corrected chi connectivity index (χ2v) is 6.36. The van der Waals surface area contributed by atoms with Crippen LogP contribution in [-0.4, -0.2) is 30.0 Å². The summed E-state index contributed by atoms with van der Waals surface area (Å²) in [6, 6.07) is 7.26. The summed E-state index contributed by atoms with van der Waals surface area (Å²) in [5.41, 5.74) is 0.988. The Morgan fingerprint density at radius 3 is 2.56 bits per heavy atom. The third kappa shape index (κ3) is 4.84. The van der Waals surface area contributed by atoms with Gasteiger partial charge in [0.1, 0.15) is 10.7 Å². The maximum atomic E-state index is 13.1. The van der Waals surface area contributed by atoms with E-state index in [9.17, 15) is 14.0 Å². The molecule has 0 aliphatic carbocycles. The van der Waals surface area contributed by atoms with Gasteiger partial charge in [-0.05, 0) is 38.1 Å². The summed E-state index contributed by atoms with van der Waals surface area (Å²) >= 11 is 1.20. The van der Waals surface area contributed by atoms with Gasteiger partial charge in [0.25, 0.3) is 5.91 Å². The first-order valence-electron chi connectivity index (χ1n) is 7.46. The van der Waals surface area contributed by atoms with Gasteiger partial charge in [-0.25, -0.2) is 14.2 Å². The topological polar surface area (TPSA) is 83.3 Å². The third-order valence-electron chi connectivity index (χ3n) is 3.30. The lowest BCUT2D eigenvalue weighted by Crippen LogP contribution is -2.35. The number of amides is 1. The average molecular weight is 361 g/mol. The van der Waals surface area contributed by atoms with Crippen LogP contribution in [0.5, 0.6) is 0 Å². The van der Waals surface area contributed by atoms with Gasteiger partial charge in [-0.15, -0.1) is 11.3 Å². The molecule has 1 heterocycles. The lowest BCUT2D eigenvalue weighted by atomic mass is 10.2. The van der Waals surface area contributed by atoms with Crippen molar-refractivity contribution in [1.29, 1.82) is 5.26 Å². The lowest BCUT2D eigenvalue weighted by molar-refractivity contribution is -0.121. The zero-order valence-electron chi connectivity index (χ0n) is 13.8. The van der Waals surface area contributed by atoms with Gasteiger partial charge >= 0.3 is 5.97 Å². The van der Waals surface area contributed by atoms with Crippen LogP contribution in [0, 0.1) is 31.0 Å². The number of carbonyl (C=O) groups excluding carboxylic acids is 2. The number of halogens is 1.